The fourth-order valence-corrected chi connectivity index (χ4v) is 5.71. The zero-order valence-corrected chi connectivity index (χ0v) is 21.1. The first kappa shape index (κ1) is 21.8. The number of aromatic nitrogens is 1. The van der Waals surface area contributed by atoms with Crippen molar-refractivity contribution >= 4 is 60.8 Å². The van der Waals surface area contributed by atoms with Crippen molar-refractivity contribution in [1.29, 1.82) is 0 Å². The van der Waals surface area contributed by atoms with E-state index in [1.54, 1.807) is 0 Å². The first-order valence-electron chi connectivity index (χ1n) is 13.2. The number of rotatable bonds is 4. The fourth-order valence-electron chi connectivity index (χ4n) is 5.71. The summed E-state index contributed by atoms with van der Waals surface area (Å²) in [5, 5.41) is 4.75. The Labute approximate surface area is 225 Å². The number of furan rings is 1. The summed E-state index contributed by atoms with van der Waals surface area (Å²) >= 11 is 0. The molecule has 0 aliphatic rings. The van der Waals surface area contributed by atoms with Crippen LogP contribution in [0.4, 0.5) is 17.1 Å². The Balaban J connectivity index is 1.23. The third kappa shape index (κ3) is 3.59. The average molecular weight is 501 g/mol. The second-order valence-corrected chi connectivity index (χ2v) is 9.93. The van der Waals surface area contributed by atoms with Crippen LogP contribution in [0, 0.1) is 0 Å². The number of nitrogens with one attached hydrogen (secondary N) is 1. The Bertz CT molecular complexity index is 2120. The molecule has 0 atom stereocenters. The smallest absolute Gasteiger partial charge is 0.135 e. The van der Waals surface area contributed by atoms with E-state index in [1.165, 1.54) is 27.4 Å². The second kappa shape index (κ2) is 8.64. The van der Waals surface area contributed by atoms with Gasteiger partial charge in [0.15, 0.2) is 0 Å². The summed E-state index contributed by atoms with van der Waals surface area (Å²) < 4.78 is 6.09. The van der Waals surface area contributed by atoms with Crippen LogP contribution in [0.15, 0.2) is 144 Å². The molecule has 0 bridgehead atoms. The molecule has 0 aliphatic carbocycles. The van der Waals surface area contributed by atoms with E-state index >= 15 is 0 Å². The first-order valence-corrected chi connectivity index (χ1v) is 13.2. The molecule has 3 heteroatoms. The minimum atomic E-state index is 0.899. The minimum absolute atomic E-state index is 0.899. The first-order chi connectivity index (χ1) is 19.3. The minimum Gasteiger partial charge on any atom is -0.456 e. The number of benzene rings is 6. The van der Waals surface area contributed by atoms with E-state index in [2.05, 4.69) is 137 Å². The van der Waals surface area contributed by atoms with Crippen molar-refractivity contribution in [3.05, 3.63) is 140 Å². The topological polar surface area (TPSA) is 32.2 Å². The summed E-state index contributed by atoms with van der Waals surface area (Å²) in [4.78, 5) is 5.82. The van der Waals surface area contributed by atoms with Crippen molar-refractivity contribution in [2.75, 3.05) is 4.90 Å². The molecule has 39 heavy (non-hydrogen) atoms. The van der Waals surface area contributed by atoms with Crippen LogP contribution >= 0.6 is 0 Å². The highest BCUT2D eigenvalue weighted by atomic mass is 16.3. The molecule has 2 heterocycles. The van der Waals surface area contributed by atoms with Crippen molar-refractivity contribution in [2.45, 2.75) is 0 Å². The molecular formula is C36H24N2O. The highest BCUT2D eigenvalue weighted by Gasteiger charge is 2.15. The summed E-state index contributed by atoms with van der Waals surface area (Å²) in [6.07, 6.45) is 0. The van der Waals surface area contributed by atoms with Gasteiger partial charge in [-0.1, -0.05) is 72.8 Å². The summed E-state index contributed by atoms with van der Waals surface area (Å²) in [6.45, 7) is 0. The van der Waals surface area contributed by atoms with E-state index in [1.807, 2.05) is 12.1 Å². The van der Waals surface area contributed by atoms with Crippen molar-refractivity contribution in [3.63, 3.8) is 0 Å². The van der Waals surface area contributed by atoms with Crippen LogP contribution in [0.5, 0.6) is 0 Å². The number of hydrogen-bond donors (Lipinski definition) is 1. The van der Waals surface area contributed by atoms with E-state index in [0.717, 1.165) is 44.5 Å². The summed E-state index contributed by atoms with van der Waals surface area (Å²) in [7, 11) is 0. The van der Waals surface area contributed by atoms with Gasteiger partial charge in [-0.25, -0.2) is 0 Å². The largest absolute Gasteiger partial charge is 0.456 e. The normalized spacial score (nSPS) is 11.6. The molecule has 0 fully saturated rings. The lowest BCUT2D eigenvalue weighted by atomic mass is 10.0. The van der Waals surface area contributed by atoms with Gasteiger partial charge in [0.05, 0.1) is 0 Å². The number of H-pyrrole nitrogens is 1. The highest BCUT2D eigenvalue weighted by molar-refractivity contribution is 6.09. The number of nitrogens with zero attached hydrogens (tertiary/aromatic N) is 1. The lowest BCUT2D eigenvalue weighted by molar-refractivity contribution is 0.669. The maximum Gasteiger partial charge on any atom is 0.135 e. The molecule has 0 saturated carbocycles. The van der Waals surface area contributed by atoms with Crippen molar-refractivity contribution in [3.8, 4) is 11.1 Å². The standard InChI is InChI=1S/C36H24N2O/c1-2-8-26(9-3-1)38(28-19-21-36-32(23-28)30-11-5-7-13-35(30)39-36)27-17-14-24(15-18-27)25-16-20-34-31(22-25)29-10-4-6-12-33(29)37-34/h1-23,37H. The Morgan fingerprint density at radius 1 is 0.410 bits per heavy atom. The Morgan fingerprint density at radius 2 is 1.05 bits per heavy atom. The monoisotopic (exact) mass is 500 g/mol. The van der Waals surface area contributed by atoms with E-state index in [9.17, 15) is 0 Å². The second-order valence-electron chi connectivity index (χ2n) is 9.93. The van der Waals surface area contributed by atoms with Gasteiger partial charge in [-0.2, -0.15) is 0 Å². The fraction of sp³-hybridized carbons (Fsp3) is 0. The van der Waals surface area contributed by atoms with E-state index in [-0.39, 0.29) is 0 Å². The van der Waals surface area contributed by atoms with Gasteiger partial charge in [0.2, 0.25) is 0 Å². The third-order valence-electron chi connectivity index (χ3n) is 7.60. The molecule has 0 aliphatic heterocycles. The number of fused-ring (bicyclic) bond motifs is 6. The van der Waals surface area contributed by atoms with Crippen LogP contribution in [0.3, 0.4) is 0 Å². The van der Waals surface area contributed by atoms with Crippen LogP contribution in [0.2, 0.25) is 0 Å². The van der Waals surface area contributed by atoms with Crippen molar-refractivity contribution in [2.24, 2.45) is 0 Å². The molecule has 8 rings (SSSR count). The predicted octanol–water partition coefficient (Wildman–Crippen LogP) is 10.4. The van der Waals surface area contributed by atoms with Crippen LogP contribution in [-0.2, 0) is 0 Å². The molecule has 2 aromatic heterocycles. The van der Waals surface area contributed by atoms with Gasteiger partial charge < -0.3 is 14.3 Å². The Kier molecular flexibility index (Phi) is 4.82. The van der Waals surface area contributed by atoms with Gasteiger partial charge in [-0.05, 0) is 77.9 Å². The molecule has 6 aromatic carbocycles. The quantitative estimate of drug-likeness (QED) is 0.261. The lowest BCUT2D eigenvalue weighted by Gasteiger charge is -2.25. The van der Waals surface area contributed by atoms with Gasteiger partial charge >= 0.3 is 0 Å². The van der Waals surface area contributed by atoms with Crippen molar-refractivity contribution < 1.29 is 4.42 Å². The molecule has 8 aromatic rings. The van der Waals surface area contributed by atoms with Gasteiger partial charge in [-0.15, -0.1) is 0 Å². The number of anilines is 3. The van der Waals surface area contributed by atoms with Crippen LogP contribution in [0.25, 0.3) is 54.9 Å². The lowest BCUT2D eigenvalue weighted by Crippen LogP contribution is -2.09. The number of hydrogen-bond acceptors (Lipinski definition) is 2. The number of para-hydroxylation sites is 3. The third-order valence-corrected chi connectivity index (χ3v) is 7.60. The summed E-state index contributed by atoms with van der Waals surface area (Å²) in [6, 6.07) is 49.2. The molecule has 1 N–H and O–H groups in total. The summed E-state index contributed by atoms with van der Waals surface area (Å²) in [5.74, 6) is 0. The van der Waals surface area contributed by atoms with E-state index in [0.29, 0.717) is 0 Å². The average Bonchev–Trinajstić information content (AvgIpc) is 3.56. The highest BCUT2D eigenvalue weighted by Crippen LogP contribution is 2.39. The van der Waals surface area contributed by atoms with Gasteiger partial charge in [-0.3, -0.25) is 0 Å². The van der Waals surface area contributed by atoms with Gasteiger partial charge in [0, 0.05) is 49.6 Å². The van der Waals surface area contributed by atoms with E-state index in [4.69, 9.17) is 4.42 Å². The van der Waals surface area contributed by atoms with Gasteiger partial charge in [0.25, 0.3) is 0 Å². The molecule has 184 valence electrons. The summed E-state index contributed by atoms with van der Waals surface area (Å²) in [5.41, 5.74) is 9.83. The Morgan fingerprint density at radius 3 is 1.92 bits per heavy atom. The predicted molar refractivity (Wildman–Crippen MR) is 163 cm³/mol. The van der Waals surface area contributed by atoms with Crippen LogP contribution in [-0.4, -0.2) is 4.98 Å². The molecule has 3 nitrogen and oxygen atoms in total. The Hall–Kier alpha value is -5.28. The van der Waals surface area contributed by atoms with E-state index < -0.39 is 0 Å². The van der Waals surface area contributed by atoms with Crippen LogP contribution < -0.4 is 4.90 Å². The molecular weight excluding hydrogens is 476 g/mol. The maximum absolute atomic E-state index is 6.09. The van der Waals surface area contributed by atoms with Crippen molar-refractivity contribution in [1.82, 2.24) is 4.98 Å². The van der Waals surface area contributed by atoms with Gasteiger partial charge in [0.1, 0.15) is 11.2 Å². The molecule has 0 radical (unpaired) electrons. The molecule has 0 saturated heterocycles. The molecule has 0 spiro atoms. The maximum atomic E-state index is 6.09. The SMILES string of the molecule is c1ccc(N(c2ccc(-c3ccc4[nH]c5ccccc5c4c3)cc2)c2ccc3oc4ccccc4c3c2)cc1. The molecule has 0 amide bonds. The number of aromatic amines is 1. The zero-order chi connectivity index (χ0) is 25.8. The van der Waals surface area contributed by atoms with Crippen LogP contribution in [0.1, 0.15) is 0 Å². The molecule has 0 unspecified atom stereocenters. The zero-order valence-electron chi connectivity index (χ0n) is 21.1.